The van der Waals surface area contributed by atoms with Gasteiger partial charge in [0.25, 0.3) is 0 Å². The van der Waals surface area contributed by atoms with Crippen molar-refractivity contribution in [3.05, 3.63) is 28.8 Å². The Balaban J connectivity index is 3.00. The van der Waals surface area contributed by atoms with Crippen LogP contribution >= 0.6 is 11.3 Å². The van der Waals surface area contributed by atoms with Crippen molar-refractivity contribution in [3.63, 3.8) is 0 Å². The molecule has 0 aliphatic rings. The van der Waals surface area contributed by atoms with Gasteiger partial charge in [-0.05, 0) is 19.1 Å². The molecule has 0 bridgehead atoms. The van der Waals surface area contributed by atoms with Crippen molar-refractivity contribution in [1.82, 2.24) is 0 Å². The van der Waals surface area contributed by atoms with Crippen LogP contribution in [0, 0.1) is 6.92 Å². The molecule has 0 aliphatic carbocycles. The second-order valence-corrected chi connectivity index (χ2v) is 2.62. The van der Waals surface area contributed by atoms with E-state index in [0.717, 1.165) is 16.0 Å². The van der Waals surface area contributed by atoms with Crippen LogP contribution in [0.5, 0.6) is 0 Å². The first kappa shape index (κ1) is 5.51. The Kier molecular flexibility index (Phi) is 1.44. The average molecular weight is 125 g/mol. The number of hydrogen-bond donors (Lipinski definition) is 0. The molecule has 0 saturated heterocycles. The van der Waals surface area contributed by atoms with Crippen molar-refractivity contribution in [2.75, 3.05) is 0 Å². The van der Waals surface area contributed by atoms with E-state index in [1.54, 1.807) is 6.07 Å². The van der Waals surface area contributed by atoms with E-state index in [-0.39, 0.29) is 0 Å². The van der Waals surface area contributed by atoms with Gasteiger partial charge in [-0.3, -0.25) is 4.79 Å². The number of carbonyl (C=O) groups is 1. The van der Waals surface area contributed by atoms with E-state index in [2.05, 4.69) is 6.92 Å². The molecule has 0 fully saturated rings. The summed E-state index contributed by atoms with van der Waals surface area (Å²) < 4.78 is 0. The lowest BCUT2D eigenvalue weighted by Crippen LogP contribution is -1.61. The molecule has 1 aromatic rings. The zero-order chi connectivity index (χ0) is 5.98. The Morgan fingerprint density at radius 2 is 2.38 bits per heavy atom. The van der Waals surface area contributed by atoms with E-state index in [4.69, 9.17) is 0 Å². The molecule has 0 spiro atoms. The third-order valence-corrected chi connectivity index (χ3v) is 1.66. The first-order valence-electron chi connectivity index (χ1n) is 2.20. The molecule has 0 N–H and O–H groups in total. The molecule has 0 unspecified atom stereocenters. The molecule has 41 valence electrons. The molecule has 8 heavy (non-hydrogen) atoms. The Morgan fingerprint density at radius 1 is 1.62 bits per heavy atom. The quantitative estimate of drug-likeness (QED) is 0.522. The lowest BCUT2D eigenvalue weighted by molar-refractivity contribution is 0.112. The molecule has 1 nitrogen and oxygen atoms in total. The maximum absolute atomic E-state index is 10.0. The minimum absolute atomic E-state index is 0.745. The Labute approximate surface area is 52.0 Å². The van der Waals surface area contributed by atoms with Crippen LogP contribution in [0.1, 0.15) is 14.5 Å². The van der Waals surface area contributed by atoms with Crippen molar-refractivity contribution < 1.29 is 4.79 Å². The van der Waals surface area contributed by atoms with Crippen LogP contribution < -0.4 is 0 Å². The highest BCUT2D eigenvalue weighted by molar-refractivity contribution is 7.13. The standard InChI is InChI=1S/C6H5OS/c1-5-2-3-6(4-7)8-5/h2-4H,1H2. The molecule has 1 aromatic heterocycles. The Hall–Kier alpha value is -0.630. The zero-order valence-corrected chi connectivity index (χ0v) is 5.07. The largest absolute Gasteiger partial charge is 0.297 e. The monoisotopic (exact) mass is 125 g/mol. The summed E-state index contributed by atoms with van der Waals surface area (Å²) in [6.45, 7) is 3.65. The summed E-state index contributed by atoms with van der Waals surface area (Å²) in [7, 11) is 0. The average Bonchev–Trinajstić information content (AvgIpc) is 2.14. The number of aldehydes is 1. The van der Waals surface area contributed by atoms with Gasteiger partial charge in [0.2, 0.25) is 0 Å². The van der Waals surface area contributed by atoms with Gasteiger partial charge in [-0.25, -0.2) is 0 Å². The smallest absolute Gasteiger partial charge is 0.160 e. The maximum Gasteiger partial charge on any atom is 0.160 e. The molecule has 1 radical (unpaired) electrons. The highest BCUT2D eigenvalue weighted by atomic mass is 32.1. The van der Waals surface area contributed by atoms with Crippen LogP contribution in [-0.4, -0.2) is 6.29 Å². The van der Waals surface area contributed by atoms with E-state index in [1.807, 2.05) is 6.07 Å². The third-order valence-electron chi connectivity index (χ3n) is 0.799. The summed E-state index contributed by atoms with van der Waals surface area (Å²) in [5, 5.41) is 0. The summed E-state index contributed by atoms with van der Waals surface area (Å²) in [5.41, 5.74) is 0. The third kappa shape index (κ3) is 0.954. The van der Waals surface area contributed by atoms with Crippen LogP contribution in [0.3, 0.4) is 0 Å². The van der Waals surface area contributed by atoms with Crippen LogP contribution in [0.4, 0.5) is 0 Å². The number of thiophene rings is 1. The van der Waals surface area contributed by atoms with E-state index in [9.17, 15) is 4.79 Å². The molecule has 0 amide bonds. The van der Waals surface area contributed by atoms with Gasteiger partial charge < -0.3 is 0 Å². The molecule has 1 heterocycles. The Morgan fingerprint density at radius 3 is 2.62 bits per heavy atom. The molecule has 0 saturated carbocycles. The minimum Gasteiger partial charge on any atom is -0.297 e. The summed E-state index contributed by atoms with van der Waals surface area (Å²) in [4.78, 5) is 11.7. The van der Waals surface area contributed by atoms with Crippen molar-refractivity contribution in [2.45, 2.75) is 0 Å². The lowest BCUT2D eigenvalue weighted by atomic mass is 10.5. The summed E-state index contributed by atoms with van der Waals surface area (Å²) in [6.07, 6.45) is 0.833. The molecule has 2 heteroatoms. The van der Waals surface area contributed by atoms with Gasteiger partial charge in [-0.1, -0.05) is 0 Å². The molecular weight excluding hydrogens is 120 g/mol. The highest BCUT2D eigenvalue weighted by Gasteiger charge is 1.90. The fourth-order valence-electron chi connectivity index (χ4n) is 0.458. The van der Waals surface area contributed by atoms with Gasteiger partial charge in [0, 0.05) is 4.88 Å². The summed E-state index contributed by atoms with van der Waals surface area (Å²) in [5.74, 6) is 0. The van der Waals surface area contributed by atoms with Crippen molar-refractivity contribution in [2.24, 2.45) is 0 Å². The molecule has 0 aromatic carbocycles. The topological polar surface area (TPSA) is 17.1 Å². The van der Waals surface area contributed by atoms with E-state index in [1.165, 1.54) is 11.3 Å². The van der Waals surface area contributed by atoms with Gasteiger partial charge in [-0.15, -0.1) is 11.3 Å². The molecule has 0 atom stereocenters. The van der Waals surface area contributed by atoms with Gasteiger partial charge >= 0.3 is 0 Å². The predicted octanol–water partition coefficient (Wildman–Crippen LogP) is 1.74. The summed E-state index contributed by atoms with van der Waals surface area (Å²) >= 11 is 1.41. The normalized spacial score (nSPS) is 9.12. The second kappa shape index (κ2) is 2.09. The fourth-order valence-corrected chi connectivity index (χ4v) is 1.08. The van der Waals surface area contributed by atoms with Crippen LogP contribution in [-0.2, 0) is 0 Å². The van der Waals surface area contributed by atoms with Gasteiger partial charge in [0.15, 0.2) is 6.29 Å². The SMILES string of the molecule is [CH2]c1ccc(C=O)s1. The first-order valence-corrected chi connectivity index (χ1v) is 3.01. The Bertz CT molecular complexity index is 190. The van der Waals surface area contributed by atoms with E-state index < -0.39 is 0 Å². The van der Waals surface area contributed by atoms with Crippen molar-refractivity contribution in [1.29, 1.82) is 0 Å². The number of carbonyl (C=O) groups excluding carboxylic acids is 1. The molecule has 0 aliphatic heterocycles. The van der Waals surface area contributed by atoms with Gasteiger partial charge in [0.1, 0.15) is 0 Å². The zero-order valence-electron chi connectivity index (χ0n) is 4.26. The van der Waals surface area contributed by atoms with Crippen molar-refractivity contribution in [3.8, 4) is 0 Å². The van der Waals surface area contributed by atoms with Crippen LogP contribution in [0.2, 0.25) is 0 Å². The molecule has 1 rings (SSSR count). The van der Waals surface area contributed by atoms with Crippen LogP contribution in [0.15, 0.2) is 12.1 Å². The second-order valence-electron chi connectivity index (χ2n) is 1.42. The number of rotatable bonds is 1. The van der Waals surface area contributed by atoms with E-state index in [0.29, 0.717) is 0 Å². The maximum atomic E-state index is 10.0. The van der Waals surface area contributed by atoms with Gasteiger partial charge in [-0.2, -0.15) is 0 Å². The lowest BCUT2D eigenvalue weighted by Gasteiger charge is -1.71. The van der Waals surface area contributed by atoms with E-state index >= 15 is 0 Å². The summed E-state index contributed by atoms with van der Waals surface area (Å²) in [6, 6.07) is 3.59. The fraction of sp³-hybridized carbons (Fsp3) is 0. The first-order chi connectivity index (χ1) is 3.83. The molecular formula is C6H5OS. The minimum atomic E-state index is 0.745. The number of hydrogen-bond acceptors (Lipinski definition) is 2. The van der Waals surface area contributed by atoms with Crippen LogP contribution in [0.25, 0.3) is 0 Å². The highest BCUT2D eigenvalue weighted by Crippen LogP contribution is 2.11. The van der Waals surface area contributed by atoms with Crippen molar-refractivity contribution >= 4 is 17.6 Å². The van der Waals surface area contributed by atoms with Gasteiger partial charge in [0.05, 0.1) is 4.88 Å². The predicted molar refractivity (Wildman–Crippen MR) is 34.2 cm³/mol.